The van der Waals surface area contributed by atoms with Crippen LogP contribution in [-0.2, 0) is 14.3 Å². The molecule has 0 aromatic carbocycles. The summed E-state index contributed by atoms with van der Waals surface area (Å²) in [5.41, 5.74) is -0.145. The van der Waals surface area contributed by atoms with E-state index in [2.05, 4.69) is 11.8 Å². The number of hydrogen-bond donors (Lipinski definition) is 0. The van der Waals surface area contributed by atoms with Gasteiger partial charge in [0.1, 0.15) is 6.29 Å². The maximum absolute atomic E-state index is 11.6. The molecule has 0 N–H and O–H groups in total. The number of carbonyl (C=O) groups is 1. The van der Waals surface area contributed by atoms with Crippen LogP contribution in [0.3, 0.4) is 0 Å². The zero-order chi connectivity index (χ0) is 14.1. The molecule has 4 nitrogen and oxygen atoms in total. The zero-order valence-corrected chi connectivity index (χ0v) is 12.7. The van der Waals surface area contributed by atoms with Gasteiger partial charge in [0.15, 0.2) is 0 Å². The van der Waals surface area contributed by atoms with Crippen molar-refractivity contribution in [2.45, 2.75) is 32.6 Å². The molecule has 1 saturated carbocycles. The predicted octanol–water partition coefficient (Wildman–Crippen LogP) is 1.98. The van der Waals surface area contributed by atoms with E-state index < -0.39 is 0 Å². The summed E-state index contributed by atoms with van der Waals surface area (Å²) in [5.74, 6) is 0.763. The van der Waals surface area contributed by atoms with Crippen molar-refractivity contribution in [2.75, 3.05) is 47.1 Å². The second kappa shape index (κ2) is 8.67. The minimum Gasteiger partial charge on any atom is -0.383 e. The first kappa shape index (κ1) is 16.6. The van der Waals surface area contributed by atoms with Crippen LogP contribution in [0.4, 0.5) is 0 Å². The Hall–Kier alpha value is -0.450. The van der Waals surface area contributed by atoms with E-state index in [1.807, 2.05) is 0 Å². The summed E-state index contributed by atoms with van der Waals surface area (Å²) in [6.45, 7) is 6.26. The smallest absolute Gasteiger partial charge is 0.127 e. The van der Waals surface area contributed by atoms with Crippen molar-refractivity contribution in [1.29, 1.82) is 0 Å². The number of methoxy groups -OCH3 is 2. The molecular weight excluding hydrogens is 242 g/mol. The highest BCUT2D eigenvalue weighted by Gasteiger charge is 2.35. The van der Waals surface area contributed by atoms with Crippen molar-refractivity contribution in [1.82, 2.24) is 4.90 Å². The second-order valence-corrected chi connectivity index (χ2v) is 5.92. The summed E-state index contributed by atoms with van der Waals surface area (Å²) in [7, 11) is 3.43. The highest BCUT2D eigenvalue weighted by molar-refractivity contribution is 5.60. The van der Waals surface area contributed by atoms with Gasteiger partial charge in [-0.05, 0) is 31.6 Å². The van der Waals surface area contributed by atoms with E-state index in [1.54, 1.807) is 14.2 Å². The van der Waals surface area contributed by atoms with Crippen LogP contribution in [0.15, 0.2) is 0 Å². The molecule has 0 aromatic rings. The summed E-state index contributed by atoms with van der Waals surface area (Å²) < 4.78 is 10.3. The van der Waals surface area contributed by atoms with Gasteiger partial charge in [-0.3, -0.25) is 4.90 Å². The molecule has 0 aliphatic heterocycles. The fraction of sp³-hybridized carbons (Fsp3) is 0.933. The predicted molar refractivity (Wildman–Crippen MR) is 76.3 cm³/mol. The largest absolute Gasteiger partial charge is 0.383 e. The van der Waals surface area contributed by atoms with Gasteiger partial charge < -0.3 is 14.3 Å². The van der Waals surface area contributed by atoms with Gasteiger partial charge >= 0.3 is 0 Å². The quantitative estimate of drug-likeness (QED) is 0.601. The molecule has 0 unspecified atom stereocenters. The average Bonchev–Trinajstić information content (AvgIpc) is 2.44. The Morgan fingerprint density at radius 1 is 1.16 bits per heavy atom. The lowest BCUT2D eigenvalue weighted by molar-refractivity contribution is -0.119. The molecule has 19 heavy (non-hydrogen) atoms. The Labute approximate surface area is 117 Å². The minimum atomic E-state index is -0.145. The van der Waals surface area contributed by atoms with E-state index in [1.165, 1.54) is 19.1 Å². The maximum Gasteiger partial charge on any atom is 0.127 e. The van der Waals surface area contributed by atoms with Gasteiger partial charge in [0.05, 0.1) is 13.2 Å². The molecule has 0 spiro atoms. The number of carbonyl (C=O) groups excluding carboxylic acids is 1. The van der Waals surface area contributed by atoms with Gasteiger partial charge in [-0.2, -0.15) is 0 Å². The Kier molecular flexibility index (Phi) is 7.57. The summed E-state index contributed by atoms with van der Waals surface area (Å²) in [6.07, 6.45) is 5.58. The normalized spacial score (nSPS) is 27.7. The van der Waals surface area contributed by atoms with E-state index in [9.17, 15) is 4.79 Å². The second-order valence-electron chi connectivity index (χ2n) is 5.92. The van der Waals surface area contributed by atoms with Crippen molar-refractivity contribution in [3.8, 4) is 0 Å². The standard InChI is InChI=1S/C15H29NO3/c1-14-4-6-15(13-17,7-5-14)12-16(8-10-18-2)9-11-19-3/h13-14H,4-12H2,1-3H3. The molecule has 0 saturated heterocycles. The molecule has 0 amide bonds. The van der Waals surface area contributed by atoms with Crippen LogP contribution in [0.5, 0.6) is 0 Å². The number of aldehydes is 1. The first-order valence-corrected chi connectivity index (χ1v) is 7.32. The minimum absolute atomic E-state index is 0.145. The molecular formula is C15H29NO3. The van der Waals surface area contributed by atoms with E-state index in [0.717, 1.165) is 38.4 Å². The Morgan fingerprint density at radius 2 is 1.68 bits per heavy atom. The molecule has 0 bridgehead atoms. The maximum atomic E-state index is 11.6. The molecule has 0 aromatic heterocycles. The van der Waals surface area contributed by atoms with Crippen LogP contribution >= 0.6 is 0 Å². The van der Waals surface area contributed by atoms with Crippen LogP contribution in [0.25, 0.3) is 0 Å². The Balaban J connectivity index is 2.54. The first-order chi connectivity index (χ1) is 9.15. The lowest BCUT2D eigenvalue weighted by atomic mass is 9.71. The van der Waals surface area contributed by atoms with Crippen molar-refractivity contribution >= 4 is 6.29 Å². The van der Waals surface area contributed by atoms with Crippen molar-refractivity contribution < 1.29 is 14.3 Å². The number of ether oxygens (including phenoxy) is 2. The van der Waals surface area contributed by atoms with Crippen molar-refractivity contribution in [2.24, 2.45) is 11.3 Å². The van der Waals surface area contributed by atoms with Gasteiger partial charge in [-0.1, -0.05) is 6.92 Å². The van der Waals surface area contributed by atoms with Crippen LogP contribution < -0.4 is 0 Å². The van der Waals surface area contributed by atoms with E-state index in [0.29, 0.717) is 13.2 Å². The number of hydrogen-bond acceptors (Lipinski definition) is 4. The zero-order valence-electron chi connectivity index (χ0n) is 12.7. The SMILES string of the molecule is COCCN(CCOC)CC1(C=O)CCC(C)CC1. The van der Waals surface area contributed by atoms with E-state index >= 15 is 0 Å². The van der Waals surface area contributed by atoms with Gasteiger partial charge in [0, 0.05) is 39.3 Å². The molecule has 0 radical (unpaired) electrons. The lowest BCUT2D eigenvalue weighted by Crippen LogP contribution is -2.43. The monoisotopic (exact) mass is 271 g/mol. The molecule has 1 fully saturated rings. The first-order valence-electron chi connectivity index (χ1n) is 7.32. The molecule has 4 heteroatoms. The summed E-state index contributed by atoms with van der Waals surface area (Å²) in [4.78, 5) is 13.9. The molecule has 1 aliphatic rings. The van der Waals surface area contributed by atoms with Gasteiger partial charge in [0.25, 0.3) is 0 Å². The fourth-order valence-corrected chi connectivity index (χ4v) is 2.81. The van der Waals surface area contributed by atoms with Crippen LogP contribution in [0.2, 0.25) is 0 Å². The van der Waals surface area contributed by atoms with Crippen LogP contribution in [0.1, 0.15) is 32.6 Å². The van der Waals surface area contributed by atoms with Crippen LogP contribution in [-0.4, -0.2) is 58.3 Å². The van der Waals surface area contributed by atoms with Crippen LogP contribution in [0, 0.1) is 11.3 Å². The molecule has 1 aliphatic carbocycles. The van der Waals surface area contributed by atoms with Crippen molar-refractivity contribution in [3.63, 3.8) is 0 Å². The number of rotatable bonds is 9. The van der Waals surface area contributed by atoms with Gasteiger partial charge in [-0.15, -0.1) is 0 Å². The Bertz CT molecular complexity index is 242. The van der Waals surface area contributed by atoms with E-state index in [4.69, 9.17) is 9.47 Å². The summed E-state index contributed by atoms with van der Waals surface area (Å²) in [6, 6.07) is 0. The topological polar surface area (TPSA) is 38.8 Å². The highest BCUT2D eigenvalue weighted by Crippen LogP contribution is 2.37. The third-order valence-electron chi connectivity index (χ3n) is 4.28. The van der Waals surface area contributed by atoms with Gasteiger partial charge in [-0.25, -0.2) is 0 Å². The molecule has 112 valence electrons. The lowest BCUT2D eigenvalue weighted by Gasteiger charge is -2.38. The Morgan fingerprint density at radius 3 is 2.11 bits per heavy atom. The highest BCUT2D eigenvalue weighted by atomic mass is 16.5. The van der Waals surface area contributed by atoms with E-state index in [-0.39, 0.29) is 5.41 Å². The fourth-order valence-electron chi connectivity index (χ4n) is 2.81. The molecule has 0 heterocycles. The molecule has 0 atom stereocenters. The van der Waals surface area contributed by atoms with Crippen molar-refractivity contribution in [3.05, 3.63) is 0 Å². The molecule has 1 rings (SSSR count). The third-order valence-corrected chi connectivity index (χ3v) is 4.28. The average molecular weight is 271 g/mol. The third kappa shape index (κ3) is 5.59. The summed E-state index contributed by atoms with van der Waals surface area (Å²) >= 11 is 0. The number of nitrogens with zero attached hydrogens (tertiary/aromatic N) is 1. The summed E-state index contributed by atoms with van der Waals surface area (Å²) in [5, 5.41) is 0. The van der Waals surface area contributed by atoms with Gasteiger partial charge in [0.2, 0.25) is 0 Å².